The molecule has 0 bridgehead atoms. The molecule has 0 atom stereocenters. The van der Waals surface area contributed by atoms with Gasteiger partial charge in [0.1, 0.15) is 5.78 Å². The quantitative estimate of drug-likeness (QED) is 0.728. The lowest BCUT2D eigenvalue weighted by atomic mass is 10.2. The molecule has 0 unspecified atom stereocenters. The summed E-state index contributed by atoms with van der Waals surface area (Å²) >= 11 is 1.80. The number of Topliss-reactive ketones (excluding diaryl/α,β-unsaturated/α-hetero) is 1. The van der Waals surface area contributed by atoms with Gasteiger partial charge in [0.25, 0.3) is 0 Å². The molecule has 0 aromatic heterocycles. The fraction of sp³-hybridized carbons (Fsp3) is 0.562. The zero-order valence-electron chi connectivity index (χ0n) is 13.6. The van der Waals surface area contributed by atoms with Gasteiger partial charge in [0.05, 0.1) is 10.6 Å². The first kappa shape index (κ1) is 18.8. The molecule has 0 saturated carbocycles. The zero-order chi connectivity index (χ0) is 16.9. The van der Waals surface area contributed by atoms with E-state index in [9.17, 15) is 13.2 Å². The zero-order valence-corrected chi connectivity index (χ0v) is 16.1. The van der Waals surface area contributed by atoms with Gasteiger partial charge in [-0.05, 0) is 25.5 Å². The van der Waals surface area contributed by atoms with E-state index in [-0.39, 0.29) is 16.4 Å². The van der Waals surface area contributed by atoms with Crippen LogP contribution in [-0.4, -0.2) is 43.0 Å². The summed E-state index contributed by atoms with van der Waals surface area (Å²) in [6.45, 7) is 3.87. The number of benzene rings is 1. The Morgan fingerprint density at radius 1 is 1.22 bits per heavy atom. The Bertz CT molecular complexity index is 632. The van der Waals surface area contributed by atoms with Crippen LogP contribution in [0.4, 0.5) is 0 Å². The average Bonchev–Trinajstić information content (AvgIpc) is 2.48. The maximum absolute atomic E-state index is 12.6. The molecular weight excluding hydrogens is 352 g/mol. The van der Waals surface area contributed by atoms with E-state index in [1.165, 1.54) is 0 Å². The number of thioether (sulfide) groups is 1. The number of aryl methyl sites for hydroxylation is 1. The van der Waals surface area contributed by atoms with Crippen molar-refractivity contribution >= 4 is 38.0 Å². The Morgan fingerprint density at radius 2 is 1.83 bits per heavy atom. The standard InChI is InChI=1S/C16H24O4S3/c1-3-4-15(17)13-22(11-9-21-10-12-22)20-23(18,19)16-7-5-14(2)6-8-16/h5-8H,3-4,9-13H2,1-2H3. The van der Waals surface area contributed by atoms with Crippen LogP contribution in [0.5, 0.6) is 0 Å². The molecule has 1 saturated heterocycles. The largest absolute Gasteiger partial charge is 0.306 e. The summed E-state index contributed by atoms with van der Waals surface area (Å²) in [5.74, 6) is 3.47. The minimum Gasteiger partial charge on any atom is -0.299 e. The van der Waals surface area contributed by atoms with Gasteiger partial charge in [-0.25, -0.2) is 3.63 Å². The van der Waals surface area contributed by atoms with E-state index in [0.717, 1.165) is 23.5 Å². The van der Waals surface area contributed by atoms with E-state index in [0.29, 0.717) is 17.9 Å². The van der Waals surface area contributed by atoms with Crippen LogP contribution in [0.2, 0.25) is 0 Å². The molecule has 7 heteroatoms. The molecule has 2 rings (SSSR count). The van der Waals surface area contributed by atoms with E-state index in [4.69, 9.17) is 3.63 Å². The second-order valence-corrected chi connectivity index (χ2v) is 11.9. The highest BCUT2D eigenvalue weighted by molar-refractivity contribution is 8.34. The van der Waals surface area contributed by atoms with Crippen LogP contribution in [-0.2, 0) is 18.5 Å². The highest BCUT2D eigenvalue weighted by Crippen LogP contribution is 2.54. The lowest BCUT2D eigenvalue weighted by Crippen LogP contribution is -2.29. The van der Waals surface area contributed by atoms with Crippen LogP contribution < -0.4 is 0 Å². The highest BCUT2D eigenvalue weighted by atomic mass is 32.3. The van der Waals surface area contributed by atoms with Crippen LogP contribution in [0, 0.1) is 6.92 Å². The summed E-state index contributed by atoms with van der Waals surface area (Å²) in [6, 6.07) is 6.67. The molecule has 1 aromatic carbocycles. The third-order valence-electron chi connectivity index (χ3n) is 3.70. The van der Waals surface area contributed by atoms with Crippen molar-refractivity contribution in [2.24, 2.45) is 0 Å². The van der Waals surface area contributed by atoms with Crippen LogP contribution in [0.15, 0.2) is 29.2 Å². The lowest BCUT2D eigenvalue weighted by Gasteiger charge is -2.40. The maximum Gasteiger partial charge on any atom is 0.306 e. The first-order valence-electron chi connectivity index (χ1n) is 7.75. The lowest BCUT2D eigenvalue weighted by molar-refractivity contribution is -0.116. The number of hydrogen-bond donors (Lipinski definition) is 0. The second-order valence-electron chi connectivity index (χ2n) is 5.75. The van der Waals surface area contributed by atoms with Crippen LogP contribution in [0.1, 0.15) is 25.3 Å². The molecule has 1 fully saturated rings. The molecule has 4 nitrogen and oxygen atoms in total. The van der Waals surface area contributed by atoms with Crippen molar-refractivity contribution in [2.45, 2.75) is 31.6 Å². The van der Waals surface area contributed by atoms with Gasteiger partial charge in [0.2, 0.25) is 0 Å². The molecule has 0 radical (unpaired) electrons. The molecule has 0 amide bonds. The number of carbonyl (C=O) groups is 1. The average molecular weight is 377 g/mol. The third kappa shape index (κ3) is 5.24. The summed E-state index contributed by atoms with van der Waals surface area (Å²) in [5.41, 5.74) is 0.998. The van der Waals surface area contributed by atoms with Crippen molar-refractivity contribution in [3.63, 3.8) is 0 Å². The van der Waals surface area contributed by atoms with Crippen molar-refractivity contribution < 1.29 is 16.8 Å². The summed E-state index contributed by atoms with van der Waals surface area (Å²) < 4.78 is 31.0. The Balaban J connectivity index is 2.22. The van der Waals surface area contributed by atoms with E-state index in [2.05, 4.69) is 0 Å². The summed E-state index contributed by atoms with van der Waals surface area (Å²) in [6.07, 6.45) is 1.28. The molecule has 1 heterocycles. The van der Waals surface area contributed by atoms with E-state index in [1.807, 2.05) is 13.8 Å². The van der Waals surface area contributed by atoms with Gasteiger partial charge in [0, 0.05) is 29.4 Å². The van der Waals surface area contributed by atoms with Crippen molar-refractivity contribution in [3.8, 4) is 0 Å². The van der Waals surface area contributed by atoms with Gasteiger partial charge in [-0.15, -0.1) is 10.3 Å². The number of ketones is 1. The van der Waals surface area contributed by atoms with Crippen molar-refractivity contribution in [2.75, 3.05) is 28.8 Å². The fourth-order valence-electron chi connectivity index (χ4n) is 2.44. The minimum absolute atomic E-state index is 0.119. The third-order valence-corrected chi connectivity index (χ3v) is 10.7. The molecule has 23 heavy (non-hydrogen) atoms. The summed E-state index contributed by atoms with van der Waals surface area (Å²) in [4.78, 5) is 12.3. The highest BCUT2D eigenvalue weighted by Gasteiger charge is 2.35. The van der Waals surface area contributed by atoms with Gasteiger partial charge in [-0.3, -0.25) is 4.79 Å². The van der Waals surface area contributed by atoms with E-state index in [1.54, 1.807) is 36.0 Å². The predicted molar refractivity (Wildman–Crippen MR) is 98.9 cm³/mol. The molecule has 1 aliphatic heterocycles. The van der Waals surface area contributed by atoms with Crippen LogP contribution in [0.25, 0.3) is 0 Å². The smallest absolute Gasteiger partial charge is 0.299 e. The number of hydrogen-bond acceptors (Lipinski definition) is 5. The van der Waals surface area contributed by atoms with Crippen molar-refractivity contribution in [1.29, 1.82) is 0 Å². The molecule has 1 aliphatic rings. The van der Waals surface area contributed by atoms with E-state index < -0.39 is 20.4 Å². The Labute approximate surface area is 145 Å². The van der Waals surface area contributed by atoms with Gasteiger partial charge in [-0.1, -0.05) is 24.6 Å². The van der Waals surface area contributed by atoms with Crippen molar-refractivity contribution in [3.05, 3.63) is 29.8 Å². The number of carbonyl (C=O) groups excluding carboxylic acids is 1. The molecule has 0 aliphatic carbocycles. The molecule has 0 spiro atoms. The first-order chi connectivity index (χ1) is 10.9. The fourth-order valence-corrected chi connectivity index (χ4v) is 10.3. The predicted octanol–water partition coefficient (Wildman–Crippen LogP) is 3.54. The maximum atomic E-state index is 12.6. The Morgan fingerprint density at radius 3 is 2.39 bits per heavy atom. The molecule has 130 valence electrons. The normalized spacial score (nSPS) is 19.2. The van der Waals surface area contributed by atoms with E-state index >= 15 is 0 Å². The Hall–Kier alpha value is -0.500. The molecule has 1 aromatic rings. The SMILES string of the molecule is CCCC(=O)CS1(OS(=O)(=O)c2ccc(C)cc2)CCSCC1. The second kappa shape index (κ2) is 8.05. The van der Waals surface area contributed by atoms with Gasteiger partial charge in [0.15, 0.2) is 0 Å². The van der Waals surface area contributed by atoms with Crippen LogP contribution in [0.3, 0.4) is 0 Å². The number of rotatable bonds is 7. The van der Waals surface area contributed by atoms with Gasteiger partial charge in [-0.2, -0.15) is 20.2 Å². The topological polar surface area (TPSA) is 60.4 Å². The molecular formula is C16H24O4S3. The van der Waals surface area contributed by atoms with Gasteiger partial charge < -0.3 is 0 Å². The monoisotopic (exact) mass is 376 g/mol. The first-order valence-corrected chi connectivity index (χ1v) is 12.4. The van der Waals surface area contributed by atoms with Crippen molar-refractivity contribution in [1.82, 2.24) is 0 Å². The molecule has 0 N–H and O–H groups in total. The summed E-state index contributed by atoms with van der Waals surface area (Å²) in [5, 5.41) is 0. The Kier molecular flexibility index (Phi) is 6.59. The van der Waals surface area contributed by atoms with Gasteiger partial charge >= 0.3 is 10.1 Å². The van der Waals surface area contributed by atoms with Crippen LogP contribution >= 0.6 is 22.1 Å². The minimum atomic E-state index is -3.82. The summed E-state index contributed by atoms with van der Waals surface area (Å²) in [7, 11) is -5.71.